The van der Waals surface area contributed by atoms with E-state index in [-0.39, 0.29) is 11.2 Å². The molecular weight excluding hydrogens is 366 g/mol. The molecule has 1 aromatic carbocycles. The number of amides is 1. The molecule has 1 atom stereocenters. The topological polar surface area (TPSA) is 57.6 Å². The second-order valence-electron chi connectivity index (χ2n) is 6.88. The molecule has 1 amide bonds. The molecule has 1 unspecified atom stereocenters. The number of likely N-dealkylation sites (tertiary alicyclic amines) is 1. The largest absolute Gasteiger partial charge is 0.481 e. The normalized spacial score (nSPS) is 21.8. The average Bonchev–Trinajstić information content (AvgIpc) is 3.17. The highest BCUT2D eigenvalue weighted by Gasteiger charge is 2.45. The fourth-order valence-corrected chi connectivity index (χ4v) is 6.38. The van der Waals surface area contributed by atoms with E-state index in [2.05, 4.69) is 11.4 Å². The van der Waals surface area contributed by atoms with Gasteiger partial charge in [0.2, 0.25) is 5.91 Å². The Labute approximate surface area is 161 Å². The number of thiophene rings is 1. The van der Waals surface area contributed by atoms with Gasteiger partial charge in [0, 0.05) is 18.0 Å². The van der Waals surface area contributed by atoms with Crippen LogP contribution in [0.15, 0.2) is 41.8 Å². The fourth-order valence-electron chi connectivity index (χ4n) is 4.01. The second-order valence-corrected chi connectivity index (χ2v) is 9.09. The minimum absolute atomic E-state index is 0.126. The molecule has 3 heterocycles. The van der Waals surface area contributed by atoms with Gasteiger partial charge in [0.25, 0.3) is 0 Å². The number of hydrogen-bond acceptors (Lipinski definition) is 4. The molecule has 4 rings (SSSR count). The van der Waals surface area contributed by atoms with Crippen molar-refractivity contribution in [2.24, 2.45) is 0 Å². The Morgan fingerprint density at radius 3 is 2.54 bits per heavy atom. The number of benzene rings is 1. The number of fused-ring (bicyclic) bond motifs is 1. The number of nitrogens with zero attached hydrogens (tertiary/aromatic N) is 1. The van der Waals surface area contributed by atoms with E-state index in [0.29, 0.717) is 25.9 Å². The van der Waals surface area contributed by atoms with Crippen molar-refractivity contribution in [3.8, 4) is 0 Å². The molecule has 0 bridgehead atoms. The van der Waals surface area contributed by atoms with E-state index in [1.807, 2.05) is 35.2 Å². The molecule has 0 saturated carbocycles. The van der Waals surface area contributed by atoms with Crippen LogP contribution in [0.4, 0.5) is 0 Å². The van der Waals surface area contributed by atoms with Crippen LogP contribution in [0.1, 0.15) is 34.1 Å². The van der Waals surface area contributed by atoms with Crippen molar-refractivity contribution in [1.29, 1.82) is 0 Å². The summed E-state index contributed by atoms with van der Waals surface area (Å²) >= 11 is 3.45. The van der Waals surface area contributed by atoms with Crippen molar-refractivity contribution in [2.45, 2.75) is 29.9 Å². The highest BCUT2D eigenvalue weighted by Crippen LogP contribution is 2.42. The molecule has 1 aromatic heterocycles. The van der Waals surface area contributed by atoms with E-state index in [1.165, 1.54) is 4.88 Å². The third-order valence-electron chi connectivity index (χ3n) is 5.56. The summed E-state index contributed by atoms with van der Waals surface area (Å²) in [6, 6.07) is 11.5. The monoisotopic (exact) mass is 387 g/mol. The number of aliphatic carboxylic acids is 1. The lowest BCUT2D eigenvalue weighted by Crippen LogP contribution is -2.50. The first-order valence-electron chi connectivity index (χ1n) is 8.87. The Kier molecular flexibility index (Phi) is 4.80. The predicted octanol–water partition coefficient (Wildman–Crippen LogP) is 3.72. The van der Waals surface area contributed by atoms with Gasteiger partial charge in [0.1, 0.15) is 5.25 Å². The second kappa shape index (κ2) is 7.08. The molecule has 1 saturated heterocycles. The van der Waals surface area contributed by atoms with Gasteiger partial charge < -0.3 is 10.0 Å². The zero-order valence-electron chi connectivity index (χ0n) is 14.4. The standard InChI is InChI=1S/C20H21NO3S2/c22-18(17-15-6-12-25-16(15)7-13-26-17)21-10-8-20(9-11-21,19(23)24)14-4-2-1-3-5-14/h1-6,12,17H,7-11,13H2,(H,23,24). The van der Waals surface area contributed by atoms with E-state index >= 15 is 0 Å². The molecule has 2 aliphatic rings. The summed E-state index contributed by atoms with van der Waals surface area (Å²) in [7, 11) is 0. The molecule has 136 valence electrons. The Morgan fingerprint density at radius 2 is 1.85 bits per heavy atom. The van der Waals surface area contributed by atoms with E-state index < -0.39 is 11.4 Å². The number of thioether (sulfide) groups is 1. The fraction of sp³-hybridized carbons (Fsp3) is 0.400. The van der Waals surface area contributed by atoms with E-state index in [9.17, 15) is 14.7 Å². The zero-order chi connectivity index (χ0) is 18.1. The molecule has 26 heavy (non-hydrogen) atoms. The number of piperidine rings is 1. The molecule has 0 aliphatic carbocycles. The van der Waals surface area contributed by atoms with Crippen LogP contribution < -0.4 is 0 Å². The van der Waals surface area contributed by atoms with Crippen molar-refractivity contribution in [3.63, 3.8) is 0 Å². The van der Waals surface area contributed by atoms with Gasteiger partial charge in [-0.1, -0.05) is 30.3 Å². The molecule has 2 aromatic rings. The predicted molar refractivity (Wildman–Crippen MR) is 105 cm³/mol. The van der Waals surface area contributed by atoms with E-state index in [1.54, 1.807) is 23.1 Å². The molecule has 6 heteroatoms. The number of aryl methyl sites for hydroxylation is 1. The van der Waals surface area contributed by atoms with Crippen molar-refractivity contribution >= 4 is 35.0 Å². The summed E-state index contributed by atoms with van der Waals surface area (Å²) in [5, 5.41) is 11.9. The maximum atomic E-state index is 13.1. The van der Waals surface area contributed by atoms with Gasteiger partial charge >= 0.3 is 5.97 Å². The summed E-state index contributed by atoms with van der Waals surface area (Å²) < 4.78 is 0. The first-order chi connectivity index (χ1) is 12.6. The van der Waals surface area contributed by atoms with Crippen LogP contribution in [0, 0.1) is 0 Å². The lowest BCUT2D eigenvalue weighted by molar-refractivity contribution is -0.148. The summed E-state index contributed by atoms with van der Waals surface area (Å²) in [4.78, 5) is 28.4. The molecule has 0 radical (unpaired) electrons. The summed E-state index contributed by atoms with van der Waals surface area (Å²) in [6.45, 7) is 0.993. The SMILES string of the molecule is O=C(C1SCCc2sccc21)N1CCC(C(=O)O)(c2ccccc2)CC1. The zero-order valence-corrected chi connectivity index (χ0v) is 16.0. The highest BCUT2D eigenvalue weighted by molar-refractivity contribution is 8.00. The van der Waals surface area contributed by atoms with Crippen molar-refractivity contribution in [1.82, 2.24) is 4.90 Å². The van der Waals surface area contributed by atoms with Crippen LogP contribution in [0.5, 0.6) is 0 Å². The smallest absolute Gasteiger partial charge is 0.314 e. The Bertz CT molecular complexity index is 809. The first-order valence-corrected chi connectivity index (χ1v) is 10.8. The Balaban J connectivity index is 1.52. The Hall–Kier alpha value is -1.79. The molecule has 1 fully saturated rings. The van der Waals surface area contributed by atoms with Crippen LogP contribution in [0.3, 0.4) is 0 Å². The molecule has 0 spiro atoms. The van der Waals surface area contributed by atoms with Gasteiger partial charge in [-0.2, -0.15) is 0 Å². The van der Waals surface area contributed by atoms with Gasteiger partial charge in [0.15, 0.2) is 0 Å². The van der Waals surface area contributed by atoms with E-state index in [4.69, 9.17) is 0 Å². The van der Waals surface area contributed by atoms with Gasteiger partial charge in [-0.25, -0.2) is 0 Å². The lowest BCUT2D eigenvalue weighted by atomic mass is 9.73. The molecular formula is C20H21NO3S2. The minimum Gasteiger partial charge on any atom is -0.481 e. The Morgan fingerprint density at radius 1 is 1.12 bits per heavy atom. The van der Waals surface area contributed by atoms with Gasteiger partial charge in [-0.15, -0.1) is 23.1 Å². The highest BCUT2D eigenvalue weighted by atomic mass is 32.2. The lowest BCUT2D eigenvalue weighted by Gasteiger charge is -2.40. The number of carbonyl (C=O) groups is 2. The van der Waals surface area contributed by atoms with Gasteiger partial charge in [-0.05, 0) is 47.6 Å². The van der Waals surface area contributed by atoms with Crippen LogP contribution >= 0.6 is 23.1 Å². The van der Waals surface area contributed by atoms with Gasteiger partial charge in [0.05, 0.1) is 5.41 Å². The number of carboxylic acids is 1. The third-order valence-corrected chi connectivity index (χ3v) is 7.79. The number of carbonyl (C=O) groups excluding carboxylic acids is 1. The molecule has 4 nitrogen and oxygen atoms in total. The van der Waals surface area contributed by atoms with Gasteiger partial charge in [-0.3, -0.25) is 9.59 Å². The van der Waals surface area contributed by atoms with Crippen LogP contribution in [-0.2, 0) is 21.4 Å². The molecule has 2 aliphatic heterocycles. The number of hydrogen-bond donors (Lipinski definition) is 1. The quantitative estimate of drug-likeness (QED) is 0.872. The number of rotatable bonds is 3. The van der Waals surface area contributed by atoms with Crippen molar-refractivity contribution in [2.75, 3.05) is 18.8 Å². The number of carboxylic acid groups (broad SMARTS) is 1. The third kappa shape index (κ3) is 2.95. The van der Waals surface area contributed by atoms with Crippen LogP contribution in [0.25, 0.3) is 0 Å². The van der Waals surface area contributed by atoms with Crippen LogP contribution in [0.2, 0.25) is 0 Å². The summed E-state index contributed by atoms with van der Waals surface area (Å²) in [5.41, 5.74) is 1.12. The van der Waals surface area contributed by atoms with Crippen LogP contribution in [-0.4, -0.2) is 40.7 Å². The van der Waals surface area contributed by atoms with Crippen molar-refractivity contribution < 1.29 is 14.7 Å². The average molecular weight is 388 g/mol. The summed E-state index contributed by atoms with van der Waals surface area (Å²) in [5.74, 6) is 0.324. The van der Waals surface area contributed by atoms with E-state index in [0.717, 1.165) is 23.3 Å². The maximum absolute atomic E-state index is 13.1. The maximum Gasteiger partial charge on any atom is 0.314 e. The molecule has 1 N–H and O–H groups in total. The summed E-state index contributed by atoms with van der Waals surface area (Å²) in [6.07, 6.45) is 1.97. The van der Waals surface area contributed by atoms with Crippen molar-refractivity contribution in [3.05, 3.63) is 57.8 Å². The first kappa shape index (κ1) is 17.6. The minimum atomic E-state index is -0.884.